The molecular weight excluding hydrogens is 356 g/mol. The highest BCUT2D eigenvalue weighted by molar-refractivity contribution is 5.94. The molecule has 0 bridgehead atoms. The van der Waals surface area contributed by atoms with Gasteiger partial charge in [-0.25, -0.2) is 0 Å². The van der Waals surface area contributed by atoms with E-state index >= 15 is 0 Å². The van der Waals surface area contributed by atoms with Crippen LogP contribution in [0, 0.1) is 0 Å². The van der Waals surface area contributed by atoms with Crippen LogP contribution in [0.2, 0.25) is 0 Å². The predicted octanol–water partition coefficient (Wildman–Crippen LogP) is 3.28. The standard InChI is InChI=1S/C22H28N2O4/c1-26-18-8-6-7-16(13-18)19(24-11-4-5-12-24)15-23-22(25)17-9-10-20(27-2)21(14-17)28-3/h6-10,13-14,19H,4-5,11-12,15H2,1-3H3,(H,23,25). The van der Waals surface area contributed by atoms with Crippen LogP contribution in [0.25, 0.3) is 0 Å². The zero-order chi connectivity index (χ0) is 19.9. The number of rotatable bonds is 8. The van der Waals surface area contributed by atoms with Crippen LogP contribution in [0.1, 0.15) is 34.8 Å². The molecular formula is C22H28N2O4. The van der Waals surface area contributed by atoms with Crippen molar-refractivity contribution in [3.8, 4) is 17.2 Å². The third-order valence-corrected chi connectivity index (χ3v) is 5.16. The molecule has 6 heteroatoms. The number of nitrogens with zero attached hydrogens (tertiary/aromatic N) is 1. The molecule has 2 aromatic carbocycles. The zero-order valence-corrected chi connectivity index (χ0v) is 16.7. The fourth-order valence-corrected chi connectivity index (χ4v) is 3.63. The Morgan fingerprint density at radius 3 is 2.43 bits per heavy atom. The van der Waals surface area contributed by atoms with Gasteiger partial charge in [0.1, 0.15) is 5.75 Å². The minimum Gasteiger partial charge on any atom is -0.497 e. The maximum Gasteiger partial charge on any atom is 0.251 e. The Bertz CT molecular complexity index is 803. The highest BCUT2D eigenvalue weighted by atomic mass is 16.5. The molecule has 1 unspecified atom stereocenters. The van der Waals surface area contributed by atoms with Crippen molar-refractivity contribution >= 4 is 5.91 Å². The molecule has 0 radical (unpaired) electrons. The molecule has 0 saturated carbocycles. The number of likely N-dealkylation sites (tertiary alicyclic amines) is 1. The van der Waals surface area contributed by atoms with Gasteiger partial charge in [0, 0.05) is 12.1 Å². The number of ether oxygens (including phenoxy) is 3. The van der Waals surface area contributed by atoms with E-state index in [1.165, 1.54) is 12.8 Å². The topological polar surface area (TPSA) is 60.0 Å². The molecule has 6 nitrogen and oxygen atoms in total. The number of hydrogen-bond donors (Lipinski definition) is 1. The van der Waals surface area contributed by atoms with Crippen LogP contribution >= 0.6 is 0 Å². The molecule has 1 N–H and O–H groups in total. The maximum atomic E-state index is 12.7. The van der Waals surface area contributed by atoms with Gasteiger partial charge < -0.3 is 19.5 Å². The SMILES string of the molecule is COc1cccc(C(CNC(=O)c2ccc(OC)c(OC)c2)N2CCCC2)c1. The first-order valence-corrected chi connectivity index (χ1v) is 9.54. The van der Waals surface area contributed by atoms with E-state index in [1.54, 1.807) is 39.5 Å². The van der Waals surface area contributed by atoms with Crippen LogP contribution in [0.5, 0.6) is 17.2 Å². The Morgan fingerprint density at radius 1 is 1.00 bits per heavy atom. The minimum absolute atomic E-state index is 0.113. The lowest BCUT2D eigenvalue weighted by Gasteiger charge is -2.28. The predicted molar refractivity (Wildman–Crippen MR) is 108 cm³/mol. The molecule has 0 spiro atoms. The van der Waals surface area contributed by atoms with Gasteiger partial charge in [-0.1, -0.05) is 12.1 Å². The smallest absolute Gasteiger partial charge is 0.251 e. The second-order valence-corrected chi connectivity index (χ2v) is 6.82. The highest BCUT2D eigenvalue weighted by Crippen LogP contribution is 2.29. The molecule has 2 aromatic rings. The average Bonchev–Trinajstić information content (AvgIpc) is 3.27. The van der Waals surface area contributed by atoms with E-state index in [1.807, 2.05) is 18.2 Å². The normalized spacial score (nSPS) is 15.1. The number of carbonyl (C=O) groups excluding carboxylic acids is 1. The molecule has 1 amide bonds. The molecule has 28 heavy (non-hydrogen) atoms. The lowest BCUT2D eigenvalue weighted by atomic mass is 10.0. The molecule has 1 fully saturated rings. The van der Waals surface area contributed by atoms with Crippen LogP contribution < -0.4 is 19.5 Å². The number of hydrogen-bond acceptors (Lipinski definition) is 5. The van der Waals surface area contributed by atoms with E-state index < -0.39 is 0 Å². The summed E-state index contributed by atoms with van der Waals surface area (Å²) in [5.74, 6) is 1.84. The summed E-state index contributed by atoms with van der Waals surface area (Å²) in [7, 11) is 4.81. The lowest BCUT2D eigenvalue weighted by Crippen LogP contribution is -2.36. The summed E-state index contributed by atoms with van der Waals surface area (Å²) < 4.78 is 15.9. The lowest BCUT2D eigenvalue weighted by molar-refractivity contribution is 0.0937. The summed E-state index contributed by atoms with van der Waals surface area (Å²) in [4.78, 5) is 15.2. The Kier molecular flexibility index (Phi) is 6.76. The van der Waals surface area contributed by atoms with Crippen molar-refractivity contribution in [2.24, 2.45) is 0 Å². The molecule has 0 aliphatic carbocycles. The van der Waals surface area contributed by atoms with Crippen molar-refractivity contribution in [2.45, 2.75) is 18.9 Å². The van der Waals surface area contributed by atoms with Crippen LogP contribution in [0.15, 0.2) is 42.5 Å². The van der Waals surface area contributed by atoms with Crippen LogP contribution in [0.3, 0.4) is 0 Å². The highest BCUT2D eigenvalue weighted by Gasteiger charge is 2.24. The van der Waals surface area contributed by atoms with Gasteiger partial charge in [-0.15, -0.1) is 0 Å². The molecule has 1 aliphatic rings. The first kappa shape index (κ1) is 20.0. The molecule has 1 heterocycles. The van der Waals surface area contributed by atoms with Crippen molar-refractivity contribution in [3.05, 3.63) is 53.6 Å². The first-order valence-electron chi connectivity index (χ1n) is 9.54. The van der Waals surface area contributed by atoms with Crippen molar-refractivity contribution in [2.75, 3.05) is 41.0 Å². The summed E-state index contributed by atoms with van der Waals surface area (Å²) in [6.45, 7) is 2.60. The van der Waals surface area contributed by atoms with E-state index in [4.69, 9.17) is 14.2 Å². The summed E-state index contributed by atoms with van der Waals surface area (Å²) in [5.41, 5.74) is 1.69. The van der Waals surface area contributed by atoms with E-state index in [2.05, 4.69) is 16.3 Å². The number of methoxy groups -OCH3 is 3. The Morgan fingerprint density at radius 2 is 1.75 bits per heavy atom. The zero-order valence-electron chi connectivity index (χ0n) is 16.7. The summed E-state index contributed by atoms with van der Waals surface area (Å²) in [6.07, 6.45) is 2.37. The van der Waals surface area contributed by atoms with Gasteiger partial charge in [0.15, 0.2) is 11.5 Å². The number of carbonyl (C=O) groups is 1. The van der Waals surface area contributed by atoms with Gasteiger partial charge >= 0.3 is 0 Å². The van der Waals surface area contributed by atoms with Crippen molar-refractivity contribution in [1.82, 2.24) is 10.2 Å². The maximum absolute atomic E-state index is 12.7. The molecule has 150 valence electrons. The summed E-state index contributed by atoms with van der Waals surface area (Å²) in [5, 5.41) is 3.08. The Balaban J connectivity index is 1.75. The van der Waals surface area contributed by atoms with Crippen LogP contribution in [-0.4, -0.2) is 51.8 Å². The van der Waals surface area contributed by atoms with Gasteiger partial charge in [0.05, 0.1) is 27.4 Å². The quantitative estimate of drug-likeness (QED) is 0.757. The fraction of sp³-hybridized carbons (Fsp3) is 0.409. The first-order chi connectivity index (χ1) is 13.7. The van der Waals surface area contributed by atoms with Crippen LogP contribution in [0.4, 0.5) is 0 Å². The Hall–Kier alpha value is -2.73. The number of amides is 1. The van der Waals surface area contributed by atoms with E-state index in [9.17, 15) is 4.79 Å². The van der Waals surface area contributed by atoms with Gasteiger partial charge in [-0.05, 0) is 61.8 Å². The van der Waals surface area contributed by atoms with E-state index in [0.717, 1.165) is 24.4 Å². The van der Waals surface area contributed by atoms with Crippen molar-refractivity contribution in [3.63, 3.8) is 0 Å². The average molecular weight is 384 g/mol. The molecule has 3 rings (SSSR count). The van der Waals surface area contributed by atoms with Gasteiger partial charge in [0.2, 0.25) is 0 Å². The van der Waals surface area contributed by atoms with E-state index in [-0.39, 0.29) is 11.9 Å². The van der Waals surface area contributed by atoms with Gasteiger partial charge in [-0.2, -0.15) is 0 Å². The van der Waals surface area contributed by atoms with E-state index in [0.29, 0.717) is 23.6 Å². The molecule has 1 aliphatic heterocycles. The number of nitrogens with one attached hydrogen (secondary N) is 1. The molecule has 1 atom stereocenters. The Labute approximate surface area is 166 Å². The van der Waals surface area contributed by atoms with Gasteiger partial charge in [-0.3, -0.25) is 9.69 Å². The summed E-state index contributed by atoms with van der Waals surface area (Å²) in [6, 6.07) is 13.4. The number of benzene rings is 2. The van der Waals surface area contributed by atoms with Crippen molar-refractivity contribution in [1.29, 1.82) is 0 Å². The van der Waals surface area contributed by atoms with Crippen LogP contribution in [-0.2, 0) is 0 Å². The van der Waals surface area contributed by atoms with Gasteiger partial charge in [0.25, 0.3) is 5.91 Å². The largest absolute Gasteiger partial charge is 0.497 e. The second kappa shape index (κ2) is 9.46. The minimum atomic E-state index is -0.131. The molecule has 0 aromatic heterocycles. The summed E-state index contributed by atoms with van der Waals surface area (Å²) >= 11 is 0. The molecule has 1 saturated heterocycles. The third-order valence-electron chi connectivity index (χ3n) is 5.16. The monoisotopic (exact) mass is 384 g/mol. The van der Waals surface area contributed by atoms with Crippen molar-refractivity contribution < 1.29 is 19.0 Å². The fourth-order valence-electron chi connectivity index (χ4n) is 3.63. The third kappa shape index (κ3) is 4.57. The second-order valence-electron chi connectivity index (χ2n) is 6.82.